The van der Waals surface area contributed by atoms with E-state index < -0.39 is 6.04 Å². The van der Waals surface area contributed by atoms with Gasteiger partial charge >= 0.3 is 0 Å². The van der Waals surface area contributed by atoms with Crippen LogP contribution in [0.5, 0.6) is 0 Å². The van der Waals surface area contributed by atoms with Gasteiger partial charge in [-0.1, -0.05) is 25.1 Å². The Hall–Kier alpha value is -1.94. The van der Waals surface area contributed by atoms with Crippen molar-refractivity contribution >= 4 is 0 Å². The second-order valence-corrected chi connectivity index (χ2v) is 4.49. The van der Waals surface area contributed by atoms with Gasteiger partial charge in [0.15, 0.2) is 0 Å². The largest absolute Gasteiger partial charge is 0.320 e. The van der Waals surface area contributed by atoms with Crippen LogP contribution in [-0.4, -0.2) is 4.57 Å². The monoisotopic (exact) mass is 260 g/mol. The Morgan fingerprint density at radius 2 is 1.95 bits per heavy atom. The Kier molecular flexibility index (Phi) is 4.12. The molecule has 1 heterocycles. The maximum atomic E-state index is 12.9. The van der Waals surface area contributed by atoms with Gasteiger partial charge in [0.1, 0.15) is 5.82 Å². The smallest absolute Gasteiger partial charge is 0.255 e. The zero-order valence-electron chi connectivity index (χ0n) is 10.8. The van der Waals surface area contributed by atoms with E-state index in [1.807, 2.05) is 13.0 Å². The van der Waals surface area contributed by atoms with Crippen molar-refractivity contribution in [1.82, 2.24) is 4.57 Å². The lowest BCUT2D eigenvalue weighted by molar-refractivity contribution is 0.625. The minimum Gasteiger partial charge on any atom is -0.320 e. The molecule has 4 heteroatoms. The molecule has 0 aliphatic rings. The maximum Gasteiger partial charge on any atom is 0.255 e. The first-order valence-corrected chi connectivity index (χ1v) is 6.34. The summed E-state index contributed by atoms with van der Waals surface area (Å²) in [6.07, 6.45) is 2.64. The zero-order chi connectivity index (χ0) is 13.8. The number of benzene rings is 1. The predicted octanol–water partition coefficient (Wildman–Crippen LogP) is 2.45. The van der Waals surface area contributed by atoms with Crippen molar-refractivity contribution in [3.05, 3.63) is 69.9 Å². The van der Waals surface area contributed by atoms with Crippen molar-refractivity contribution in [2.45, 2.75) is 25.9 Å². The van der Waals surface area contributed by atoms with Gasteiger partial charge in [0, 0.05) is 18.3 Å². The number of aromatic nitrogens is 1. The molecule has 0 bridgehead atoms. The molecule has 1 aromatic heterocycles. The molecule has 1 aromatic carbocycles. The van der Waals surface area contributed by atoms with Gasteiger partial charge in [-0.3, -0.25) is 4.79 Å². The van der Waals surface area contributed by atoms with Crippen molar-refractivity contribution in [3.63, 3.8) is 0 Å². The number of pyridine rings is 1. The van der Waals surface area contributed by atoms with Crippen LogP contribution < -0.4 is 11.3 Å². The van der Waals surface area contributed by atoms with Crippen LogP contribution in [0.15, 0.2) is 47.4 Å². The molecule has 0 amide bonds. The molecular weight excluding hydrogens is 243 g/mol. The Morgan fingerprint density at radius 1 is 1.26 bits per heavy atom. The Balaban J connectivity index is 2.38. The first-order valence-electron chi connectivity index (χ1n) is 6.34. The molecule has 19 heavy (non-hydrogen) atoms. The average Bonchev–Trinajstić information content (AvgIpc) is 2.41. The van der Waals surface area contributed by atoms with E-state index in [0.29, 0.717) is 12.1 Å². The van der Waals surface area contributed by atoms with Gasteiger partial charge in [-0.25, -0.2) is 4.39 Å². The van der Waals surface area contributed by atoms with Gasteiger partial charge in [0.25, 0.3) is 5.56 Å². The van der Waals surface area contributed by atoms with Crippen LogP contribution >= 0.6 is 0 Å². The highest BCUT2D eigenvalue weighted by molar-refractivity contribution is 5.29. The summed E-state index contributed by atoms with van der Waals surface area (Å²) in [7, 11) is 0. The maximum absolute atomic E-state index is 12.9. The number of nitrogens with two attached hydrogens (primary N) is 1. The SMILES string of the molecule is CCCn1cccc(C(N)c2ccc(F)cc2)c1=O. The van der Waals surface area contributed by atoms with Crippen LogP contribution in [0.4, 0.5) is 4.39 Å². The summed E-state index contributed by atoms with van der Waals surface area (Å²) in [5.41, 5.74) is 7.27. The van der Waals surface area contributed by atoms with Crippen molar-refractivity contribution in [2.24, 2.45) is 5.73 Å². The molecule has 1 unspecified atom stereocenters. The van der Waals surface area contributed by atoms with E-state index >= 15 is 0 Å². The fraction of sp³-hybridized carbons (Fsp3) is 0.267. The fourth-order valence-corrected chi connectivity index (χ4v) is 2.06. The number of aryl methyl sites for hydroxylation is 1. The van der Waals surface area contributed by atoms with E-state index in [2.05, 4.69) is 0 Å². The van der Waals surface area contributed by atoms with Crippen LogP contribution in [-0.2, 0) is 6.54 Å². The quantitative estimate of drug-likeness (QED) is 0.918. The first kappa shape index (κ1) is 13.5. The number of rotatable bonds is 4. The molecule has 2 rings (SSSR count). The summed E-state index contributed by atoms with van der Waals surface area (Å²) in [6.45, 7) is 2.68. The lowest BCUT2D eigenvalue weighted by atomic mass is 10.0. The second kappa shape index (κ2) is 5.80. The van der Waals surface area contributed by atoms with Gasteiger partial charge < -0.3 is 10.3 Å². The van der Waals surface area contributed by atoms with E-state index in [9.17, 15) is 9.18 Å². The topological polar surface area (TPSA) is 48.0 Å². The third kappa shape index (κ3) is 2.90. The minimum absolute atomic E-state index is 0.0822. The third-order valence-electron chi connectivity index (χ3n) is 3.08. The standard InChI is InChI=1S/C15H17FN2O/c1-2-9-18-10-3-4-13(15(18)19)14(17)11-5-7-12(16)8-6-11/h3-8,10,14H,2,9,17H2,1H3. The molecule has 0 aliphatic heterocycles. The molecule has 1 atom stereocenters. The molecule has 0 aliphatic carbocycles. The summed E-state index contributed by atoms with van der Waals surface area (Å²) in [5.74, 6) is -0.313. The lowest BCUT2D eigenvalue weighted by Gasteiger charge is -2.13. The van der Waals surface area contributed by atoms with Crippen LogP contribution in [0.3, 0.4) is 0 Å². The first-order chi connectivity index (χ1) is 9.13. The van der Waals surface area contributed by atoms with Gasteiger partial charge in [0.05, 0.1) is 6.04 Å². The van der Waals surface area contributed by atoms with Crippen molar-refractivity contribution in [1.29, 1.82) is 0 Å². The molecule has 0 fully saturated rings. The van der Waals surface area contributed by atoms with Gasteiger partial charge in [-0.15, -0.1) is 0 Å². The minimum atomic E-state index is -0.530. The normalized spacial score (nSPS) is 12.4. The number of hydrogen-bond acceptors (Lipinski definition) is 2. The Labute approximate surface area is 111 Å². The third-order valence-corrected chi connectivity index (χ3v) is 3.08. The molecule has 100 valence electrons. The van der Waals surface area contributed by atoms with Crippen LogP contribution in [0, 0.1) is 5.82 Å². The van der Waals surface area contributed by atoms with E-state index in [4.69, 9.17) is 5.73 Å². The number of halogens is 1. The van der Waals surface area contributed by atoms with Crippen molar-refractivity contribution in [3.8, 4) is 0 Å². The zero-order valence-corrected chi connectivity index (χ0v) is 10.8. The summed E-state index contributed by atoms with van der Waals surface area (Å²) in [4.78, 5) is 12.2. The fourth-order valence-electron chi connectivity index (χ4n) is 2.06. The molecule has 3 nitrogen and oxygen atoms in total. The summed E-state index contributed by atoms with van der Waals surface area (Å²) in [5, 5.41) is 0. The van der Waals surface area contributed by atoms with E-state index in [1.165, 1.54) is 12.1 Å². The van der Waals surface area contributed by atoms with E-state index in [0.717, 1.165) is 12.0 Å². The van der Waals surface area contributed by atoms with Crippen LogP contribution in [0.2, 0.25) is 0 Å². The molecule has 0 saturated carbocycles. The molecule has 0 spiro atoms. The van der Waals surface area contributed by atoms with Crippen LogP contribution in [0.25, 0.3) is 0 Å². The number of nitrogens with zero attached hydrogens (tertiary/aromatic N) is 1. The Morgan fingerprint density at radius 3 is 2.58 bits per heavy atom. The van der Waals surface area contributed by atoms with E-state index in [-0.39, 0.29) is 11.4 Å². The highest BCUT2D eigenvalue weighted by atomic mass is 19.1. The summed E-state index contributed by atoms with van der Waals surface area (Å²) >= 11 is 0. The second-order valence-electron chi connectivity index (χ2n) is 4.49. The van der Waals surface area contributed by atoms with E-state index in [1.54, 1.807) is 29.0 Å². The highest BCUT2D eigenvalue weighted by Crippen LogP contribution is 2.16. The summed E-state index contributed by atoms with van der Waals surface area (Å²) in [6, 6.07) is 8.93. The van der Waals surface area contributed by atoms with Crippen molar-refractivity contribution in [2.75, 3.05) is 0 Å². The predicted molar refractivity (Wildman–Crippen MR) is 73.4 cm³/mol. The Bertz CT molecular complexity index is 604. The van der Waals surface area contributed by atoms with Crippen LogP contribution in [0.1, 0.15) is 30.5 Å². The molecular formula is C15H17FN2O. The van der Waals surface area contributed by atoms with Gasteiger partial charge in [-0.05, 0) is 30.2 Å². The molecule has 2 aromatic rings. The van der Waals surface area contributed by atoms with Gasteiger partial charge in [-0.2, -0.15) is 0 Å². The lowest BCUT2D eigenvalue weighted by Crippen LogP contribution is -2.28. The molecule has 0 radical (unpaired) electrons. The van der Waals surface area contributed by atoms with Gasteiger partial charge in [0.2, 0.25) is 0 Å². The van der Waals surface area contributed by atoms with Crippen molar-refractivity contribution < 1.29 is 4.39 Å². The molecule has 0 saturated heterocycles. The number of hydrogen-bond donors (Lipinski definition) is 1. The summed E-state index contributed by atoms with van der Waals surface area (Å²) < 4.78 is 14.5. The average molecular weight is 260 g/mol. The molecule has 2 N–H and O–H groups in total. The highest BCUT2D eigenvalue weighted by Gasteiger charge is 2.13.